The van der Waals surface area contributed by atoms with Crippen LogP contribution < -0.4 is 10.6 Å². The van der Waals surface area contributed by atoms with Crippen LogP contribution in [0.4, 0.5) is 0 Å². The fourth-order valence-electron chi connectivity index (χ4n) is 2.36. The minimum absolute atomic E-state index is 0.0627. The second kappa shape index (κ2) is 9.64. The lowest BCUT2D eigenvalue weighted by atomic mass is 10.1. The highest BCUT2D eigenvalue weighted by atomic mass is 16.2. The average Bonchev–Trinajstić information content (AvgIpc) is 3.10. The van der Waals surface area contributed by atoms with Crippen LogP contribution in [0.5, 0.6) is 0 Å². The van der Waals surface area contributed by atoms with Gasteiger partial charge in [-0.05, 0) is 18.9 Å². The van der Waals surface area contributed by atoms with Gasteiger partial charge in [0.15, 0.2) is 5.82 Å². The number of dihydropyridines is 1. The van der Waals surface area contributed by atoms with Crippen molar-refractivity contribution in [3.05, 3.63) is 29.9 Å². The SMILES string of the molecule is CCCCCCNC(=O)c1ncc(C(=O)NCC2CC=CC=N2)[nH]1. The fourth-order valence-corrected chi connectivity index (χ4v) is 2.36. The third kappa shape index (κ3) is 5.64. The first kappa shape index (κ1) is 17.9. The van der Waals surface area contributed by atoms with Gasteiger partial charge in [-0.25, -0.2) is 4.98 Å². The number of unbranched alkanes of at least 4 members (excludes halogenated alkanes) is 3. The minimum atomic E-state index is -0.285. The summed E-state index contributed by atoms with van der Waals surface area (Å²) < 4.78 is 0. The number of allylic oxidation sites excluding steroid dienone is 1. The van der Waals surface area contributed by atoms with E-state index < -0.39 is 0 Å². The molecule has 0 saturated carbocycles. The highest BCUT2D eigenvalue weighted by Gasteiger charge is 2.15. The Morgan fingerprint density at radius 1 is 1.25 bits per heavy atom. The molecule has 2 heterocycles. The van der Waals surface area contributed by atoms with Crippen LogP contribution >= 0.6 is 0 Å². The molecule has 0 bridgehead atoms. The number of amides is 2. The topological polar surface area (TPSA) is 99.2 Å². The maximum atomic E-state index is 12.1. The molecule has 7 heteroatoms. The molecule has 0 fully saturated rings. The Bertz CT molecular complexity index is 606. The summed E-state index contributed by atoms with van der Waals surface area (Å²) >= 11 is 0. The number of nitrogens with one attached hydrogen (secondary N) is 3. The number of nitrogens with zero attached hydrogens (tertiary/aromatic N) is 2. The molecule has 0 saturated heterocycles. The summed E-state index contributed by atoms with van der Waals surface area (Å²) in [6, 6.07) is 0.0627. The number of H-pyrrole nitrogens is 1. The number of imidazole rings is 1. The summed E-state index contributed by atoms with van der Waals surface area (Å²) in [7, 11) is 0. The molecule has 130 valence electrons. The largest absolute Gasteiger partial charge is 0.349 e. The molecular formula is C17H25N5O2. The van der Waals surface area contributed by atoms with Crippen LogP contribution in [0, 0.1) is 0 Å². The van der Waals surface area contributed by atoms with Gasteiger partial charge >= 0.3 is 0 Å². The van der Waals surface area contributed by atoms with Gasteiger partial charge in [-0.3, -0.25) is 14.6 Å². The van der Waals surface area contributed by atoms with E-state index in [2.05, 4.69) is 32.5 Å². The monoisotopic (exact) mass is 331 g/mol. The number of hydrogen-bond donors (Lipinski definition) is 3. The Kier molecular flexibility index (Phi) is 7.20. The predicted molar refractivity (Wildman–Crippen MR) is 93.4 cm³/mol. The van der Waals surface area contributed by atoms with Crippen molar-refractivity contribution in [1.82, 2.24) is 20.6 Å². The quantitative estimate of drug-likeness (QED) is 0.602. The standard InChI is InChI=1S/C17H25N5O2/c1-2-3-4-6-10-19-17(24)15-20-12-14(22-15)16(23)21-11-13-8-5-7-9-18-13/h5,7,9,12-13H,2-4,6,8,10-11H2,1H3,(H,19,24)(H,20,22)(H,21,23). The first-order chi connectivity index (χ1) is 11.7. The van der Waals surface area contributed by atoms with E-state index in [0.29, 0.717) is 13.1 Å². The highest BCUT2D eigenvalue weighted by Crippen LogP contribution is 2.03. The van der Waals surface area contributed by atoms with E-state index in [4.69, 9.17) is 0 Å². The van der Waals surface area contributed by atoms with Gasteiger partial charge in [0.05, 0.1) is 12.2 Å². The van der Waals surface area contributed by atoms with E-state index in [1.54, 1.807) is 6.21 Å². The van der Waals surface area contributed by atoms with Crippen LogP contribution in [0.25, 0.3) is 0 Å². The third-order valence-electron chi connectivity index (χ3n) is 3.78. The van der Waals surface area contributed by atoms with Gasteiger partial charge in [0, 0.05) is 19.3 Å². The van der Waals surface area contributed by atoms with Gasteiger partial charge in [-0.15, -0.1) is 0 Å². The molecule has 0 aliphatic carbocycles. The second-order valence-corrected chi connectivity index (χ2v) is 5.79. The molecule has 0 radical (unpaired) electrons. The lowest BCUT2D eigenvalue weighted by molar-refractivity contribution is 0.0943. The molecule has 7 nitrogen and oxygen atoms in total. The van der Waals surface area contributed by atoms with Crippen LogP contribution in [0.1, 0.15) is 60.1 Å². The van der Waals surface area contributed by atoms with E-state index in [9.17, 15) is 9.59 Å². The molecule has 1 aromatic rings. The number of carbonyl (C=O) groups is 2. The minimum Gasteiger partial charge on any atom is -0.349 e. The maximum Gasteiger partial charge on any atom is 0.287 e. The number of aromatic amines is 1. The number of aliphatic imine (C=N–C) groups is 1. The van der Waals surface area contributed by atoms with E-state index in [1.807, 2.05) is 12.2 Å². The van der Waals surface area contributed by atoms with Crippen LogP contribution in [0.3, 0.4) is 0 Å². The molecule has 1 atom stereocenters. The van der Waals surface area contributed by atoms with Crippen molar-refractivity contribution in [2.75, 3.05) is 13.1 Å². The summed E-state index contributed by atoms with van der Waals surface area (Å²) in [4.78, 5) is 35.0. The Balaban J connectivity index is 1.74. The van der Waals surface area contributed by atoms with Gasteiger partial charge in [0.1, 0.15) is 5.69 Å². The molecule has 0 aromatic carbocycles. The summed E-state index contributed by atoms with van der Waals surface area (Å²) in [6.45, 7) is 3.22. The van der Waals surface area contributed by atoms with Gasteiger partial charge in [0.2, 0.25) is 0 Å². The normalized spacial score (nSPS) is 16.1. The van der Waals surface area contributed by atoms with Crippen molar-refractivity contribution >= 4 is 18.0 Å². The second-order valence-electron chi connectivity index (χ2n) is 5.79. The molecule has 1 aliphatic heterocycles. The Morgan fingerprint density at radius 2 is 2.12 bits per heavy atom. The van der Waals surface area contributed by atoms with Crippen molar-refractivity contribution in [3.63, 3.8) is 0 Å². The van der Waals surface area contributed by atoms with Crippen molar-refractivity contribution < 1.29 is 9.59 Å². The third-order valence-corrected chi connectivity index (χ3v) is 3.78. The van der Waals surface area contributed by atoms with Crippen LogP contribution in [-0.2, 0) is 0 Å². The van der Waals surface area contributed by atoms with Gasteiger partial charge in [0.25, 0.3) is 11.8 Å². The van der Waals surface area contributed by atoms with Crippen molar-refractivity contribution in [1.29, 1.82) is 0 Å². The van der Waals surface area contributed by atoms with Gasteiger partial charge in [-0.1, -0.05) is 32.3 Å². The van der Waals surface area contributed by atoms with E-state index >= 15 is 0 Å². The maximum absolute atomic E-state index is 12.1. The van der Waals surface area contributed by atoms with E-state index in [0.717, 1.165) is 25.7 Å². The zero-order chi connectivity index (χ0) is 17.2. The number of hydrogen-bond acceptors (Lipinski definition) is 4. The molecule has 1 unspecified atom stereocenters. The molecule has 1 aliphatic rings. The first-order valence-electron chi connectivity index (χ1n) is 8.50. The molecule has 1 aromatic heterocycles. The zero-order valence-corrected chi connectivity index (χ0v) is 14.0. The first-order valence-corrected chi connectivity index (χ1v) is 8.50. The van der Waals surface area contributed by atoms with E-state index in [1.165, 1.54) is 12.6 Å². The molecule has 24 heavy (non-hydrogen) atoms. The summed E-state index contributed by atoms with van der Waals surface area (Å²) in [5.41, 5.74) is 0.279. The van der Waals surface area contributed by atoms with Crippen LogP contribution in [0.15, 0.2) is 23.3 Å². The predicted octanol–water partition coefficient (Wildman–Crippen LogP) is 1.85. The average molecular weight is 331 g/mol. The highest BCUT2D eigenvalue weighted by molar-refractivity contribution is 5.95. The lowest BCUT2D eigenvalue weighted by Gasteiger charge is -2.12. The van der Waals surface area contributed by atoms with Gasteiger partial charge < -0.3 is 15.6 Å². The van der Waals surface area contributed by atoms with Gasteiger partial charge in [-0.2, -0.15) is 0 Å². The molecule has 2 rings (SSSR count). The fraction of sp³-hybridized carbons (Fsp3) is 0.529. The van der Waals surface area contributed by atoms with Crippen molar-refractivity contribution in [2.24, 2.45) is 4.99 Å². The Morgan fingerprint density at radius 3 is 2.88 bits per heavy atom. The van der Waals surface area contributed by atoms with Crippen molar-refractivity contribution in [3.8, 4) is 0 Å². The zero-order valence-electron chi connectivity index (χ0n) is 14.0. The molecule has 2 amide bonds. The summed E-state index contributed by atoms with van der Waals surface area (Å²) in [5.74, 6) is -0.406. The van der Waals surface area contributed by atoms with Crippen LogP contribution in [0.2, 0.25) is 0 Å². The molecule has 0 spiro atoms. The Labute approximate surface area is 142 Å². The number of aromatic nitrogens is 2. The summed E-state index contributed by atoms with van der Waals surface area (Å²) in [6.07, 6.45) is 12.2. The summed E-state index contributed by atoms with van der Waals surface area (Å²) in [5, 5.41) is 5.60. The molecule has 3 N–H and O–H groups in total. The number of rotatable bonds is 9. The van der Waals surface area contributed by atoms with Crippen LogP contribution in [-0.4, -0.2) is 47.1 Å². The smallest absolute Gasteiger partial charge is 0.287 e. The lowest BCUT2D eigenvalue weighted by Crippen LogP contribution is -2.32. The Hall–Kier alpha value is -2.44. The van der Waals surface area contributed by atoms with Crippen molar-refractivity contribution in [2.45, 2.75) is 45.1 Å². The number of carbonyl (C=O) groups excluding carboxylic acids is 2. The van der Waals surface area contributed by atoms with E-state index in [-0.39, 0.29) is 29.4 Å². The molecular weight excluding hydrogens is 306 g/mol.